The molecule has 0 radical (unpaired) electrons. The van der Waals surface area contributed by atoms with Gasteiger partial charge in [-0.1, -0.05) is 6.07 Å². The highest BCUT2D eigenvalue weighted by molar-refractivity contribution is 7.89. The van der Waals surface area contributed by atoms with Gasteiger partial charge in [0.05, 0.1) is 4.90 Å². The van der Waals surface area contributed by atoms with Crippen molar-refractivity contribution in [2.45, 2.75) is 18.7 Å². The molecule has 1 fully saturated rings. The summed E-state index contributed by atoms with van der Waals surface area (Å²) < 4.78 is 27.1. The highest BCUT2D eigenvalue weighted by Gasteiger charge is 2.29. The number of benzene rings is 1. The van der Waals surface area contributed by atoms with Gasteiger partial charge in [0.1, 0.15) is 5.82 Å². The highest BCUT2D eigenvalue weighted by atomic mass is 32.2. The number of sulfonamides is 1. The lowest BCUT2D eigenvalue weighted by molar-refractivity contribution is 0.383. The van der Waals surface area contributed by atoms with Crippen molar-refractivity contribution < 1.29 is 8.42 Å². The van der Waals surface area contributed by atoms with Crippen molar-refractivity contribution in [1.82, 2.24) is 14.5 Å². The van der Waals surface area contributed by atoms with Gasteiger partial charge in [-0.15, -0.1) is 0 Å². The van der Waals surface area contributed by atoms with E-state index in [-0.39, 0.29) is 5.56 Å². The molecule has 1 aliphatic heterocycles. The molecule has 0 bridgehead atoms. The number of aromatic amines is 1. The van der Waals surface area contributed by atoms with Crippen LogP contribution in [-0.4, -0.2) is 49.1 Å². The average molecular weight is 348 g/mol. The molecule has 1 aromatic heterocycles. The summed E-state index contributed by atoms with van der Waals surface area (Å²) >= 11 is 0. The maximum absolute atomic E-state index is 12.8. The summed E-state index contributed by atoms with van der Waals surface area (Å²) in [6.07, 6.45) is 0. The summed E-state index contributed by atoms with van der Waals surface area (Å²) in [5, 5.41) is 6.39. The Balaban J connectivity index is 1.74. The van der Waals surface area contributed by atoms with E-state index in [0.29, 0.717) is 36.9 Å². The molecular formula is C16H20N4O3S. The minimum atomic E-state index is -3.49. The van der Waals surface area contributed by atoms with Crippen LogP contribution in [0.5, 0.6) is 0 Å². The Kier molecular flexibility index (Phi) is 4.42. The molecule has 0 unspecified atom stereocenters. The van der Waals surface area contributed by atoms with Gasteiger partial charge in [-0.3, -0.25) is 4.79 Å². The third kappa shape index (κ3) is 3.20. The maximum atomic E-state index is 12.8. The molecule has 0 aliphatic carbocycles. The first-order valence-electron chi connectivity index (χ1n) is 7.76. The molecule has 8 heteroatoms. The molecule has 1 aliphatic rings. The number of hydrogen-bond donors (Lipinski definition) is 1. The predicted octanol–water partition coefficient (Wildman–Crippen LogP) is 0.898. The highest BCUT2D eigenvalue weighted by Crippen LogP contribution is 2.21. The summed E-state index contributed by atoms with van der Waals surface area (Å²) in [7, 11) is -3.49. The first-order chi connectivity index (χ1) is 11.4. The number of hydrogen-bond acceptors (Lipinski definition) is 5. The summed E-state index contributed by atoms with van der Waals surface area (Å²) in [5.41, 5.74) is 1.78. The van der Waals surface area contributed by atoms with E-state index < -0.39 is 10.0 Å². The molecule has 1 aromatic carbocycles. The number of rotatable bonds is 3. The molecule has 2 aromatic rings. The monoisotopic (exact) mass is 348 g/mol. The minimum Gasteiger partial charge on any atom is -0.353 e. The Morgan fingerprint density at radius 1 is 1.00 bits per heavy atom. The number of H-pyrrole nitrogens is 1. The molecule has 7 nitrogen and oxygen atoms in total. The van der Waals surface area contributed by atoms with Crippen LogP contribution >= 0.6 is 0 Å². The van der Waals surface area contributed by atoms with Crippen LogP contribution in [0.1, 0.15) is 11.1 Å². The molecule has 3 rings (SSSR count). The Morgan fingerprint density at radius 3 is 2.29 bits per heavy atom. The third-order valence-corrected chi connectivity index (χ3v) is 6.24. The van der Waals surface area contributed by atoms with Crippen LogP contribution in [-0.2, 0) is 10.0 Å². The number of nitrogens with zero attached hydrogens (tertiary/aromatic N) is 3. The van der Waals surface area contributed by atoms with Gasteiger partial charge < -0.3 is 4.90 Å². The summed E-state index contributed by atoms with van der Waals surface area (Å²) in [5.74, 6) is 0.651. The smallest absolute Gasteiger partial charge is 0.264 e. The van der Waals surface area contributed by atoms with Crippen LogP contribution in [0, 0.1) is 13.8 Å². The lowest BCUT2D eigenvalue weighted by Gasteiger charge is -2.34. The molecule has 1 saturated heterocycles. The van der Waals surface area contributed by atoms with Gasteiger partial charge in [-0.2, -0.15) is 9.40 Å². The van der Waals surface area contributed by atoms with Crippen LogP contribution in [0.15, 0.2) is 40.0 Å². The molecule has 1 N–H and O–H groups in total. The Bertz CT molecular complexity index is 879. The molecule has 2 heterocycles. The number of nitrogens with one attached hydrogen (secondary N) is 1. The van der Waals surface area contributed by atoms with E-state index in [4.69, 9.17) is 0 Å². The number of anilines is 1. The second kappa shape index (κ2) is 6.37. The molecule has 24 heavy (non-hydrogen) atoms. The lowest BCUT2D eigenvalue weighted by atomic mass is 10.1. The normalized spacial score (nSPS) is 16.3. The molecular weight excluding hydrogens is 328 g/mol. The van der Waals surface area contributed by atoms with Crippen molar-refractivity contribution in [2.75, 3.05) is 31.1 Å². The zero-order chi connectivity index (χ0) is 17.3. The standard InChI is InChI=1S/C16H20N4O3S/c1-12-3-4-14(11-13(12)2)24(22,23)20-9-7-19(8-10-20)15-5-6-16(21)18-17-15/h3-6,11H,7-10H2,1-2H3,(H,18,21). The summed E-state index contributed by atoms with van der Waals surface area (Å²) in [6.45, 7) is 5.70. The van der Waals surface area contributed by atoms with E-state index in [2.05, 4.69) is 10.2 Å². The first-order valence-corrected chi connectivity index (χ1v) is 9.20. The topological polar surface area (TPSA) is 86.4 Å². The summed E-state index contributed by atoms with van der Waals surface area (Å²) in [6, 6.07) is 8.28. The Morgan fingerprint density at radius 2 is 1.71 bits per heavy atom. The van der Waals surface area contributed by atoms with E-state index in [1.807, 2.05) is 24.8 Å². The third-order valence-electron chi connectivity index (χ3n) is 4.34. The average Bonchev–Trinajstić information content (AvgIpc) is 2.58. The lowest BCUT2D eigenvalue weighted by Crippen LogP contribution is -2.49. The van der Waals surface area contributed by atoms with Crippen molar-refractivity contribution in [2.24, 2.45) is 0 Å². The summed E-state index contributed by atoms with van der Waals surface area (Å²) in [4.78, 5) is 13.4. The van der Waals surface area contributed by atoms with Gasteiger partial charge >= 0.3 is 0 Å². The molecule has 128 valence electrons. The van der Waals surface area contributed by atoms with Crippen molar-refractivity contribution in [3.8, 4) is 0 Å². The van der Waals surface area contributed by atoms with E-state index >= 15 is 0 Å². The predicted molar refractivity (Wildman–Crippen MR) is 91.7 cm³/mol. The fraction of sp³-hybridized carbons (Fsp3) is 0.375. The van der Waals surface area contributed by atoms with Crippen molar-refractivity contribution >= 4 is 15.8 Å². The van der Waals surface area contributed by atoms with E-state index in [0.717, 1.165) is 11.1 Å². The van der Waals surface area contributed by atoms with Crippen LogP contribution in [0.25, 0.3) is 0 Å². The first kappa shape index (κ1) is 16.7. The minimum absolute atomic E-state index is 0.255. The van der Waals surface area contributed by atoms with Gasteiger partial charge in [0.25, 0.3) is 5.56 Å². The van der Waals surface area contributed by atoms with Crippen molar-refractivity contribution in [3.63, 3.8) is 0 Å². The van der Waals surface area contributed by atoms with Gasteiger partial charge in [-0.05, 0) is 43.2 Å². The second-order valence-electron chi connectivity index (χ2n) is 5.92. The van der Waals surface area contributed by atoms with Gasteiger partial charge in [0.15, 0.2) is 0 Å². The zero-order valence-corrected chi connectivity index (χ0v) is 14.5. The molecule has 0 amide bonds. The van der Waals surface area contributed by atoms with Gasteiger partial charge in [0.2, 0.25) is 10.0 Å². The van der Waals surface area contributed by atoms with Crippen LogP contribution in [0.3, 0.4) is 0 Å². The maximum Gasteiger partial charge on any atom is 0.264 e. The quantitative estimate of drug-likeness (QED) is 0.890. The van der Waals surface area contributed by atoms with Gasteiger partial charge in [0, 0.05) is 32.2 Å². The van der Waals surface area contributed by atoms with E-state index in [1.165, 1.54) is 10.4 Å². The number of aromatic nitrogens is 2. The van der Waals surface area contributed by atoms with E-state index in [9.17, 15) is 13.2 Å². The SMILES string of the molecule is Cc1ccc(S(=O)(=O)N2CCN(c3ccc(=O)[nH]n3)CC2)cc1C. The Labute approximate surface area is 141 Å². The van der Waals surface area contributed by atoms with E-state index in [1.54, 1.807) is 18.2 Å². The molecule has 0 atom stereocenters. The second-order valence-corrected chi connectivity index (χ2v) is 7.85. The molecule has 0 spiro atoms. The number of piperazine rings is 1. The Hall–Kier alpha value is -2.19. The van der Waals surface area contributed by atoms with Crippen molar-refractivity contribution in [1.29, 1.82) is 0 Å². The largest absolute Gasteiger partial charge is 0.353 e. The van der Waals surface area contributed by atoms with Crippen LogP contribution in [0.4, 0.5) is 5.82 Å². The van der Waals surface area contributed by atoms with Crippen molar-refractivity contribution in [3.05, 3.63) is 51.8 Å². The zero-order valence-electron chi connectivity index (χ0n) is 13.7. The van der Waals surface area contributed by atoms with Crippen LogP contribution in [0.2, 0.25) is 0 Å². The fourth-order valence-electron chi connectivity index (χ4n) is 2.69. The van der Waals surface area contributed by atoms with Crippen LogP contribution < -0.4 is 10.5 Å². The van der Waals surface area contributed by atoms with Gasteiger partial charge in [-0.25, -0.2) is 13.5 Å². The fourth-order valence-corrected chi connectivity index (χ4v) is 4.20. The molecule has 0 saturated carbocycles. The number of aryl methyl sites for hydroxylation is 2.